The van der Waals surface area contributed by atoms with Crippen LogP contribution in [0.4, 0.5) is 0 Å². The summed E-state index contributed by atoms with van der Waals surface area (Å²) >= 11 is 16.9. The predicted molar refractivity (Wildman–Crippen MR) is 59.2 cm³/mol. The third-order valence-electron chi connectivity index (χ3n) is 1.55. The van der Waals surface area contributed by atoms with E-state index in [1.54, 1.807) is 12.1 Å². The lowest BCUT2D eigenvalue weighted by Gasteiger charge is -2.09. The van der Waals surface area contributed by atoms with E-state index < -0.39 is 11.3 Å². The van der Waals surface area contributed by atoms with E-state index in [-0.39, 0.29) is 6.61 Å². The third kappa shape index (κ3) is 3.78. The lowest BCUT2D eigenvalue weighted by Crippen LogP contribution is -2.21. The summed E-state index contributed by atoms with van der Waals surface area (Å²) in [4.78, 5) is 10.4. The number of alkyl halides is 1. The van der Waals surface area contributed by atoms with Crippen molar-refractivity contribution in [3.63, 3.8) is 0 Å². The molecule has 1 aromatic rings. The van der Waals surface area contributed by atoms with Crippen molar-refractivity contribution < 1.29 is 14.6 Å². The molecular weight excluding hydrogens is 262 g/mol. The van der Waals surface area contributed by atoms with Crippen molar-refractivity contribution in [2.75, 3.05) is 6.61 Å². The molecule has 15 heavy (non-hydrogen) atoms. The summed E-state index contributed by atoms with van der Waals surface area (Å²) in [6.45, 7) is -0.155. The molecule has 0 radical (unpaired) electrons. The topological polar surface area (TPSA) is 46.5 Å². The summed E-state index contributed by atoms with van der Waals surface area (Å²) < 4.78 is 5.11. The van der Waals surface area contributed by atoms with Crippen LogP contribution in [0.15, 0.2) is 18.2 Å². The zero-order chi connectivity index (χ0) is 11.4. The Hall–Kier alpha value is -0.640. The highest BCUT2D eigenvalue weighted by atomic mass is 35.5. The van der Waals surface area contributed by atoms with Crippen LogP contribution < -0.4 is 4.74 Å². The lowest BCUT2D eigenvalue weighted by atomic mass is 10.3. The van der Waals surface area contributed by atoms with Gasteiger partial charge >= 0.3 is 5.97 Å². The summed E-state index contributed by atoms with van der Waals surface area (Å²) in [6, 6.07) is 4.64. The summed E-state index contributed by atoms with van der Waals surface area (Å²) in [5, 5.41) is 8.20. The van der Waals surface area contributed by atoms with Crippen LogP contribution in [0.25, 0.3) is 0 Å². The lowest BCUT2D eigenvalue weighted by molar-refractivity contribution is -0.137. The van der Waals surface area contributed by atoms with Crippen molar-refractivity contribution in [3.8, 4) is 5.75 Å². The normalized spacial score (nSPS) is 12.2. The molecule has 6 heteroatoms. The first-order valence-corrected chi connectivity index (χ1v) is 5.14. The summed E-state index contributed by atoms with van der Waals surface area (Å²) in [6.07, 6.45) is 0. The highest BCUT2D eigenvalue weighted by Gasteiger charge is 2.14. The zero-order valence-electron chi connectivity index (χ0n) is 7.41. The Morgan fingerprint density at radius 1 is 1.47 bits per heavy atom. The van der Waals surface area contributed by atoms with E-state index in [2.05, 4.69) is 0 Å². The van der Waals surface area contributed by atoms with Gasteiger partial charge in [0.2, 0.25) is 0 Å². The van der Waals surface area contributed by atoms with Gasteiger partial charge in [0.25, 0.3) is 0 Å². The van der Waals surface area contributed by atoms with Crippen molar-refractivity contribution in [2.24, 2.45) is 0 Å². The number of carboxylic acid groups (broad SMARTS) is 1. The first kappa shape index (κ1) is 12.4. The molecule has 1 aromatic carbocycles. The highest BCUT2D eigenvalue weighted by molar-refractivity contribution is 6.35. The van der Waals surface area contributed by atoms with Crippen molar-refractivity contribution >= 4 is 40.8 Å². The van der Waals surface area contributed by atoms with Gasteiger partial charge in [0, 0.05) is 5.02 Å². The molecule has 0 heterocycles. The first-order chi connectivity index (χ1) is 7.00. The molecule has 0 saturated heterocycles. The minimum absolute atomic E-state index is 0.155. The molecule has 1 atom stereocenters. The van der Waals surface area contributed by atoms with Crippen molar-refractivity contribution in [1.29, 1.82) is 0 Å². The zero-order valence-corrected chi connectivity index (χ0v) is 9.68. The second-order valence-electron chi connectivity index (χ2n) is 2.69. The molecule has 0 spiro atoms. The van der Waals surface area contributed by atoms with E-state index in [0.29, 0.717) is 15.8 Å². The average molecular weight is 270 g/mol. The molecule has 0 fully saturated rings. The molecule has 0 aromatic heterocycles. The Balaban J connectivity index is 2.62. The molecular formula is C9H7Cl3O3. The molecule has 0 aliphatic heterocycles. The van der Waals surface area contributed by atoms with Crippen LogP contribution in [0.3, 0.4) is 0 Å². The van der Waals surface area contributed by atoms with Crippen LogP contribution in [-0.2, 0) is 4.79 Å². The number of carboxylic acids is 1. The van der Waals surface area contributed by atoms with Crippen molar-refractivity contribution in [3.05, 3.63) is 28.2 Å². The Morgan fingerprint density at radius 2 is 2.13 bits per heavy atom. The fourth-order valence-corrected chi connectivity index (χ4v) is 1.35. The molecule has 1 rings (SSSR count). The minimum atomic E-state index is -1.14. The van der Waals surface area contributed by atoms with Gasteiger partial charge in [-0.25, -0.2) is 0 Å². The van der Waals surface area contributed by atoms with E-state index in [1.807, 2.05) is 0 Å². The van der Waals surface area contributed by atoms with E-state index in [9.17, 15) is 4.79 Å². The van der Waals surface area contributed by atoms with Crippen LogP contribution in [-0.4, -0.2) is 23.1 Å². The Morgan fingerprint density at radius 3 is 2.67 bits per heavy atom. The van der Waals surface area contributed by atoms with Crippen LogP contribution >= 0.6 is 34.8 Å². The van der Waals surface area contributed by atoms with Crippen LogP contribution in [0.5, 0.6) is 5.75 Å². The molecule has 1 unspecified atom stereocenters. The van der Waals surface area contributed by atoms with Gasteiger partial charge in [0.05, 0.1) is 5.02 Å². The van der Waals surface area contributed by atoms with Gasteiger partial charge in [-0.15, -0.1) is 11.6 Å². The molecule has 0 aliphatic rings. The predicted octanol–water partition coefficient (Wildman–Crippen LogP) is 3.06. The summed E-state index contributed by atoms with van der Waals surface area (Å²) in [7, 11) is 0. The number of aliphatic carboxylic acids is 1. The largest absolute Gasteiger partial charge is 0.490 e. The second-order valence-corrected chi connectivity index (χ2v) is 4.06. The quantitative estimate of drug-likeness (QED) is 0.855. The van der Waals surface area contributed by atoms with Gasteiger partial charge in [-0.1, -0.05) is 23.2 Å². The maximum absolute atomic E-state index is 10.4. The number of halogens is 3. The van der Waals surface area contributed by atoms with Gasteiger partial charge in [-0.05, 0) is 18.2 Å². The molecule has 0 aliphatic carbocycles. The van der Waals surface area contributed by atoms with E-state index in [0.717, 1.165) is 0 Å². The third-order valence-corrected chi connectivity index (χ3v) is 2.39. The fourth-order valence-electron chi connectivity index (χ4n) is 0.826. The van der Waals surface area contributed by atoms with Gasteiger partial charge < -0.3 is 9.84 Å². The van der Waals surface area contributed by atoms with Crippen LogP contribution in [0, 0.1) is 0 Å². The van der Waals surface area contributed by atoms with Gasteiger partial charge in [0.15, 0.2) is 5.38 Å². The van der Waals surface area contributed by atoms with Crippen LogP contribution in [0.1, 0.15) is 0 Å². The van der Waals surface area contributed by atoms with Gasteiger partial charge in [0.1, 0.15) is 12.4 Å². The molecule has 0 saturated carbocycles. The van der Waals surface area contributed by atoms with Crippen molar-refractivity contribution in [1.82, 2.24) is 0 Å². The standard InChI is InChI=1S/C9H7Cl3O3/c10-5-1-2-8(6(11)3-5)15-4-7(12)9(13)14/h1-3,7H,4H2,(H,13,14). The fraction of sp³-hybridized carbons (Fsp3) is 0.222. The van der Waals surface area contributed by atoms with E-state index in [1.165, 1.54) is 6.07 Å². The van der Waals surface area contributed by atoms with E-state index >= 15 is 0 Å². The molecule has 1 N–H and O–H groups in total. The number of ether oxygens (including phenoxy) is 1. The summed E-state index contributed by atoms with van der Waals surface area (Å²) in [5.41, 5.74) is 0. The monoisotopic (exact) mass is 268 g/mol. The number of hydrogen-bond acceptors (Lipinski definition) is 2. The maximum atomic E-state index is 10.4. The molecule has 0 amide bonds. The van der Waals surface area contributed by atoms with E-state index in [4.69, 9.17) is 44.6 Å². The SMILES string of the molecule is O=C(O)C(Cl)COc1ccc(Cl)cc1Cl. The first-order valence-electron chi connectivity index (χ1n) is 3.95. The average Bonchev–Trinajstić information content (AvgIpc) is 2.15. The Bertz CT molecular complexity index is 368. The van der Waals surface area contributed by atoms with Gasteiger partial charge in [-0.3, -0.25) is 4.79 Å². The number of benzene rings is 1. The van der Waals surface area contributed by atoms with Crippen molar-refractivity contribution in [2.45, 2.75) is 5.38 Å². The minimum Gasteiger partial charge on any atom is -0.490 e. The smallest absolute Gasteiger partial charge is 0.325 e. The number of rotatable bonds is 4. The second kappa shape index (κ2) is 5.45. The Kier molecular flexibility index (Phi) is 4.51. The summed E-state index contributed by atoms with van der Waals surface area (Å²) in [5.74, 6) is -0.783. The Labute approximate surface area is 102 Å². The highest BCUT2D eigenvalue weighted by Crippen LogP contribution is 2.27. The molecule has 0 bridgehead atoms. The maximum Gasteiger partial charge on any atom is 0.325 e. The van der Waals surface area contributed by atoms with Crippen LogP contribution in [0.2, 0.25) is 10.0 Å². The number of carbonyl (C=O) groups is 1. The molecule has 3 nitrogen and oxygen atoms in total. The van der Waals surface area contributed by atoms with Gasteiger partial charge in [-0.2, -0.15) is 0 Å². The molecule has 82 valence electrons. The number of hydrogen-bond donors (Lipinski definition) is 1.